The Hall–Kier alpha value is -1.50. The van der Waals surface area contributed by atoms with Crippen LogP contribution in [0.1, 0.15) is 65.4 Å². The van der Waals surface area contributed by atoms with Gasteiger partial charge < -0.3 is 5.11 Å². The molecule has 0 unspecified atom stereocenters. The minimum atomic E-state index is 0.351. The Morgan fingerprint density at radius 2 is 1.52 bits per heavy atom. The lowest BCUT2D eigenvalue weighted by molar-refractivity contribution is 0.475. The van der Waals surface area contributed by atoms with Gasteiger partial charge in [0.2, 0.25) is 0 Å². The number of benzene rings is 1. The molecule has 0 aliphatic carbocycles. The molecule has 0 amide bonds. The Bertz CT molecular complexity index is 473. The first-order chi connectivity index (χ1) is 9.99. The molecule has 1 N–H and O–H groups in total. The summed E-state index contributed by atoms with van der Waals surface area (Å²) >= 11 is 0. The van der Waals surface area contributed by atoms with Gasteiger partial charge >= 0.3 is 0 Å². The summed E-state index contributed by atoms with van der Waals surface area (Å²) in [6.07, 6.45) is 9.44. The lowest BCUT2D eigenvalue weighted by Crippen LogP contribution is -1.89. The van der Waals surface area contributed by atoms with E-state index in [2.05, 4.69) is 33.8 Å². The molecule has 0 saturated heterocycles. The monoisotopic (exact) mass is 286 g/mol. The van der Waals surface area contributed by atoms with Gasteiger partial charge in [0, 0.05) is 0 Å². The number of aromatic hydroxyl groups is 1. The molecule has 0 aliphatic rings. The Kier molecular flexibility index (Phi) is 7.89. The highest BCUT2D eigenvalue weighted by molar-refractivity contribution is 5.25. The van der Waals surface area contributed by atoms with Crippen molar-refractivity contribution in [3.63, 3.8) is 0 Å². The van der Waals surface area contributed by atoms with E-state index >= 15 is 0 Å². The van der Waals surface area contributed by atoms with Crippen molar-refractivity contribution in [1.82, 2.24) is 0 Å². The first-order valence-corrected chi connectivity index (χ1v) is 8.05. The highest BCUT2D eigenvalue weighted by Gasteiger charge is 1.99. The van der Waals surface area contributed by atoms with Crippen molar-refractivity contribution in [2.75, 3.05) is 0 Å². The van der Waals surface area contributed by atoms with Crippen LogP contribution in [0, 0.1) is 0 Å². The third kappa shape index (κ3) is 7.75. The van der Waals surface area contributed by atoms with Crippen molar-refractivity contribution in [2.45, 2.75) is 66.2 Å². The van der Waals surface area contributed by atoms with Crippen molar-refractivity contribution < 1.29 is 5.11 Å². The van der Waals surface area contributed by atoms with Gasteiger partial charge in [-0.15, -0.1) is 0 Å². The number of allylic oxidation sites excluding steroid dienone is 4. The Morgan fingerprint density at radius 3 is 2.14 bits per heavy atom. The van der Waals surface area contributed by atoms with Gasteiger partial charge in [0.25, 0.3) is 0 Å². The van der Waals surface area contributed by atoms with Crippen molar-refractivity contribution in [3.8, 4) is 5.75 Å². The van der Waals surface area contributed by atoms with Crippen LogP contribution in [-0.4, -0.2) is 5.11 Å². The van der Waals surface area contributed by atoms with Crippen molar-refractivity contribution in [2.24, 2.45) is 0 Å². The van der Waals surface area contributed by atoms with E-state index < -0.39 is 0 Å². The van der Waals surface area contributed by atoms with Crippen LogP contribution in [0.3, 0.4) is 0 Å². The van der Waals surface area contributed by atoms with Gasteiger partial charge in [-0.25, -0.2) is 0 Å². The zero-order valence-electron chi connectivity index (χ0n) is 14.1. The molecular formula is C20H30O. The maximum absolute atomic E-state index is 9.26. The number of aryl methyl sites for hydroxylation is 1. The van der Waals surface area contributed by atoms with Gasteiger partial charge in [0.15, 0.2) is 0 Å². The predicted molar refractivity (Wildman–Crippen MR) is 92.7 cm³/mol. The molecule has 1 aromatic rings. The molecule has 0 fully saturated rings. The van der Waals surface area contributed by atoms with Gasteiger partial charge in [-0.1, -0.05) is 34.9 Å². The molecular weight excluding hydrogens is 256 g/mol. The van der Waals surface area contributed by atoms with E-state index in [4.69, 9.17) is 0 Å². The number of hydrogen-bond donors (Lipinski definition) is 1. The maximum Gasteiger partial charge on any atom is 0.115 e. The normalized spacial score (nSPS) is 12.0. The second-order valence-corrected chi connectivity index (χ2v) is 6.25. The second kappa shape index (κ2) is 9.44. The molecule has 0 bridgehead atoms. The molecule has 0 spiro atoms. The van der Waals surface area contributed by atoms with Crippen molar-refractivity contribution in [3.05, 3.63) is 52.6 Å². The number of phenolic OH excluding ortho intramolecular Hbond substituents is 1. The van der Waals surface area contributed by atoms with Gasteiger partial charge in [0.05, 0.1) is 0 Å². The van der Waals surface area contributed by atoms with Crippen LogP contribution in [0.5, 0.6) is 5.75 Å². The number of rotatable bonds is 8. The molecule has 0 atom stereocenters. The van der Waals surface area contributed by atoms with Gasteiger partial charge in [0.1, 0.15) is 5.75 Å². The third-order valence-electron chi connectivity index (χ3n) is 4.00. The van der Waals surface area contributed by atoms with E-state index in [1.54, 1.807) is 23.3 Å². The minimum absolute atomic E-state index is 0.351. The molecule has 0 heterocycles. The zero-order chi connectivity index (χ0) is 15.7. The summed E-state index contributed by atoms with van der Waals surface area (Å²) < 4.78 is 0. The molecule has 1 rings (SSSR count). The highest BCUT2D eigenvalue weighted by atomic mass is 16.3. The molecule has 0 aliphatic heterocycles. The van der Waals surface area contributed by atoms with Crippen LogP contribution in [0.25, 0.3) is 0 Å². The van der Waals surface area contributed by atoms with E-state index in [0.717, 1.165) is 6.42 Å². The van der Waals surface area contributed by atoms with Gasteiger partial charge in [-0.2, -0.15) is 0 Å². The minimum Gasteiger partial charge on any atom is -0.508 e. The van der Waals surface area contributed by atoms with Crippen LogP contribution < -0.4 is 0 Å². The van der Waals surface area contributed by atoms with Crippen LogP contribution in [-0.2, 0) is 6.42 Å². The summed E-state index contributed by atoms with van der Waals surface area (Å²) in [5.41, 5.74) is 5.84. The van der Waals surface area contributed by atoms with E-state index in [0.29, 0.717) is 5.75 Å². The van der Waals surface area contributed by atoms with Gasteiger partial charge in [-0.05, 0) is 83.9 Å². The van der Waals surface area contributed by atoms with E-state index in [9.17, 15) is 5.11 Å². The second-order valence-electron chi connectivity index (χ2n) is 6.25. The Balaban J connectivity index is 2.27. The van der Waals surface area contributed by atoms with E-state index in [1.165, 1.54) is 43.2 Å². The molecule has 0 saturated carbocycles. The third-order valence-corrected chi connectivity index (χ3v) is 4.00. The van der Waals surface area contributed by atoms with Crippen molar-refractivity contribution >= 4 is 0 Å². The molecule has 116 valence electrons. The topological polar surface area (TPSA) is 20.2 Å². The first kappa shape index (κ1) is 17.6. The van der Waals surface area contributed by atoms with Crippen LogP contribution in [0.2, 0.25) is 0 Å². The zero-order valence-corrected chi connectivity index (χ0v) is 14.1. The van der Waals surface area contributed by atoms with Crippen LogP contribution in [0.15, 0.2) is 47.1 Å². The smallest absolute Gasteiger partial charge is 0.115 e. The lowest BCUT2D eigenvalue weighted by atomic mass is 9.99. The molecule has 1 heteroatoms. The number of unbranched alkanes of at least 4 members (excludes halogenated alkanes) is 1. The SMILES string of the molecule is CC(C)=CCC/C(C)=C(\C)CCCCc1ccc(O)cc1. The number of phenols is 1. The standard InChI is InChI=1S/C20H30O/c1-16(2)8-7-10-18(4)17(3)9-5-6-11-19-12-14-20(21)15-13-19/h8,12-15,21H,5-7,9-11H2,1-4H3/b18-17+. The quantitative estimate of drug-likeness (QED) is 0.446. The molecule has 0 radical (unpaired) electrons. The fourth-order valence-electron chi connectivity index (χ4n) is 2.39. The summed E-state index contributed by atoms with van der Waals surface area (Å²) in [5, 5.41) is 9.26. The average molecular weight is 286 g/mol. The fraction of sp³-hybridized carbons (Fsp3) is 0.500. The molecule has 1 aromatic carbocycles. The Labute approximate surface area is 130 Å². The Morgan fingerprint density at radius 1 is 0.905 bits per heavy atom. The molecule has 21 heavy (non-hydrogen) atoms. The van der Waals surface area contributed by atoms with Gasteiger partial charge in [-0.3, -0.25) is 0 Å². The highest BCUT2D eigenvalue weighted by Crippen LogP contribution is 2.18. The summed E-state index contributed by atoms with van der Waals surface area (Å²) in [5.74, 6) is 0.351. The predicted octanol–water partition coefficient (Wildman–Crippen LogP) is 6.19. The summed E-state index contributed by atoms with van der Waals surface area (Å²) in [6, 6.07) is 7.58. The van der Waals surface area contributed by atoms with E-state index in [-0.39, 0.29) is 0 Å². The number of hydrogen-bond acceptors (Lipinski definition) is 1. The van der Waals surface area contributed by atoms with Crippen molar-refractivity contribution in [1.29, 1.82) is 0 Å². The summed E-state index contributed by atoms with van der Waals surface area (Å²) in [7, 11) is 0. The van der Waals surface area contributed by atoms with Crippen LogP contribution in [0.4, 0.5) is 0 Å². The first-order valence-electron chi connectivity index (χ1n) is 8.05. The lowest BCUT2D eigenvalue weighted by Gasteiger charge is -2.07. The summed E-state index contributed by atoms with van der Waals surface area (Å²) in [4.78, 5) is 0. The maximum atomic E-state index is 9.26. The summed E-state index contributed by atoms with van der Waals surface area (Å²) in [6.45, 7) is 8.87. The molecule has 0 aromatic heterocycles. The average Bonchev–Trinajstić information content (AvgIpc) is 2.44. The molecule has 1 nitrogen and oxygen atoms in total. The largest absolute Gasteiger partial charge is 0.508 e. The van der Waals surface area contributed by atoms with E-state index in [1.807, 2.05) is 12.1 Å². The van der Waals surface area contributed by atoms with Crippen LogP contribution >= 0.6 is 0 Å². The fourth-order valence-corrected chi connectivity index (χ4v) is 2.39.